The molecule has 0 bridgehead atoms. The van der Waals surface area contributed by atoms with Crippen molar-refractivity contribution < 1.29 is 14.4 Å². The van der Waals surface area contributed by atoms with Crippen LogP contribution in [-0.4, -0.2) is 86.5 Å². The first-order valence-electron chi connectivity index (χ1n) is 17.0. The van der Waals surface area contributed by atoms with Gasteiger partial charge in [0.15, 0.2) is 0 Å². The Morgan fingerprint density at radius 3 is 2.37 bits per heavy atom. The molecule has 2 aromatic heterocycles. The molecule has 2 fully saturated rings. The van der Waals surface area contributed by atoms with Crippen LogP contribution in [0, 0.1) is 18.8 Å². The van der Waals surface area contributed by atoms with Gasteiger partial charge >= 0.3 is 0 Å². The van der Waals surface area contributed by atoms with Crippen molar-refractivity contribution in [2.75, 3.05) is 31.1 Å². The van der Waals surface area contributed by atoms with Crippen LogP contribution < -0.4 is 21.7 Å². The number of hydrogen-bond donors (Lipinski definition) is 4. The lowest BCUT2D eigenvalue weighted by atomic mass is 9.81. The Morgan fingerprint density at radius 2 is 1.73 bits per heavy atom. The Hall–Kier alpha value is -4.85. The topological polar surface area (TPSA) is 189 Å². The number of benzene rings is 2. The number of pyridine rings is 1. The van der Waals surface area contributed by atoms with Crippen molar-refractivity contribution >= 4 is 23.4 Å². The highest BCUT2D eigenvalue weighted by molar-refractivity contribution is 6.17. The Labute approximate surface area is 285 Å². The molecule has 13 nitrogen and oxygen atoms in total. The molecule has 3 amide bonds. The number of nitrogens with one attached hydrogen (secondary N) is 2. The molecule has 1 unspecified atom stereocenters. The molecule has 1 saturated carbocycles. The Bertz CT molecular complexity index is 1750. The molecule has 2 atom stereocenters. The third-order valence-electron chi connectivity index (χ3n) is 9.72. The lowest BCUT2D eigenvalue weighted by molar-refractivity contribution is -0.130. The van der Waals surface area contributed by atoms with Gasteiger partial charge in [0.1, 0.15) is 5.69 Å². The van der Waals surface area contributed by atoms with Crippen LogP contribution in [0.1, 0.15) is 54.2 Å². The smallest absolute Gasteiger partial charge is 0.272 e. The molecule has 2 aliphatic rings. The maximum Gasteiger partial charge on any atom is 0.272 e. The van der Waals surface area contributed by atoms with Crippen LogP contribution in [0.15, 0.2) is 60.8 Å². The quantitative estimate of drug-likeness (QED) is 0.207. The number of nitrogens with two attached hydrogens (primary N) is 2. The fourth-order valence-corrected chi connectivity index (χ4v) is 6.82. The number of anilines is 1. The number of imide groups is 1. The number of carbonyl (C=O) groups excluding carboxylic acids is 3. The molecule has 1 saturated heterocycles. The number of H-pyrrole nitrogens is 1. The van der Waals surface area contributed by atoms with E-state index < -0.39 is 11.9 Å². The van der Waals surface area contributed by atoms with E-state index in [9.17, 15) is 14.4 Å². The van der Waals surface area contributed by atoms with Crippen LogP contribution in [-0.2, 0) is 16.0 Å². The van der Waals surface area contributed by atoms with Gasteiger partial charge in [0, 0.05) is 48.9 Å². The van der Waals surface area contributed by atoms with Crippen molar-refractivity contribution in [3.05, 3.63) is 77.6 Å². The lowest BCUT2D eigenvalue weighted by Gasteiger charge is -2.32. The minimum Gasteiger partial charge on any atom is -0.334 e. The summed E-state index contributed by atoms with van der Waals surface area (Å²) in [5.74, 6) is -0.230. The Balaban J connectivity index is 1.16. The van der Waals surface area contributed by atoms with Gasteiger partial charge in [0.05, 0.1) is 11.7 Å². The van der Waals surface area contributed by atoms with E-state index in [0.717, 1.165) is 41.6 Å². The van der Waals surface area contributed by atoms with Crippen molar-refractivity contribution in [1.82, 2.24) is 35.8 Å². The van der Waals surface area contributed by atoms with Gasteiger partial charge in [0.25, 0.3) is 11.8 Å². The van der Waals surface area contributed by atoms with Crippen LogP contribution in [0.2, 0.25) is 0 Å². The molecule has 1 aliphatic carbocycles. The molecule has 1 aliphatic heterocycles. The summed E-state index contributed by atoms with van der Waals surface area (Å²) in [7, 11) is 0. The first-order valence-corrected chi connectivity index (χ1v) is 17.0. The summed E-state index contributed by atoms with van der Waals surface area (Å²) in [6.45, 7) is 6.72. The van der Waals surface area contributed by atoms with E-state index in [0.29, 0.717) is 61.2 Å². The van der Waals surface area contributed by atoms with E-state index in [1.165, 1.54) is 4.90 Å². The van der Waals surface area contributed by atoms with Gasteiger partial charge in [-0.2, -0.15) is 5.21 Å². The monoisotopic (exact) mass is 664 g/mol. The summed E-state index contributed by atoms with van der Waals surface area (Å²) in [6, 6.07) is 15.9. The lowest BCUT2D eigenvalue weighted by Crippen LogP contribution is -2.51. The molecule has 49 heavy (non-hydrogen) atoms. The second kappa shape index (κ2) is 15.1. The Morgan fingerprint density at radius 1 is 1.02 bits per heavy atom. The van der Waals surface area contributed by atoms with E-state index in [1.807, 2.05) is 42.2 Å². The molecular formula is C36H44N10O3. The van der Waals surface area contributed by atoms with Crippen molar-refractivity contribution in [2.24, 2.45) is 23.3 Å². The average molecular weight is 665 g/mol. The fraction of sp³-hybridized carbons (Fsp3) is 0.417. The van der Waals surface area contributed by atoms with Crippen LogP contribution in [0.3, 0.4) is 0 Å². The minimum absolute atomic E-state index is 0.0595. The van der Waals surface area contributed by atoms with E-state index in [-0.39, 0.29) is 30.2 Å². The highest BCUT2D eigenvalue weighted by Gasteiger charge is 2.35. The zero-order valence-electron chi connectivity index (χ0n) is 28.0. The zero-order chi connectivity index (χ0) is 34.5. The van der Waals surface area contributed by atoms with Gasteiger partial charge in [-0.25, -0.2) is 4.90 Å². The predicted molar refractivity (Wildman–Crippen MR) is 186 cm³/mol. The van der Waals surface area contributed by atoms with Crippen molar-refractivity contribution in [2.45, 2.75) is 58.0 Å². The summed E-state index contributed by atoms with van der Waals surface area (Å²) in [6.07, 6.45) is 5.06. The van der Waals surface area contributed by atoms with Gasteiger partial charge < -0.3 is 21.7 Å². The first-order chi connectivity index (χ1) is 23.7. The molecular weight excluding hydrogens is 620 g/mol. The SMILES string of the molecule is Cc1cc(C(=O)N2CCNC(C)C2)ncc1-c1ccc(C[C@H](N)C(=O)N(C(=O)C2CCC(CN)CC2)c2ccc(-c3nn[nH]n3)cc2)cc1. The highest BCUT2D eigenvalue weighted by Crippen LogP contribution is 2.32. The van der Waals surface area contributed by atoms with Crippen LogP contribution >= 0.6 is 0 Å². The van der Waals surface area contributed by atoms with Gasteiger partial charge in [-0.05, 0) is 111 Å². The van der Waals surface area contributed by atoms with E-state index in [4.69, 9.17) is 11.5 Å². The zero-order valence-corrected chi connectivity index (χ0v) is 28.0. The van der Waals surface area contributed by atoms with E-state index in [2.05, 4.69) is 37.8 Å². The van der Waals surface area contributed by atoms with Crippen LogP contribution in [0.25, 0.3) is 22.5 Å². The number of rotatable bonds is 9. The minimum atomic E-state index is -0.950. The summed E-state index contributed by atoms with van der Waals surface area (Å²) < 4.78 is 0. The molecule has 6 rings (SSSR count). The molecule has 6 N–H and O–H groups in total. The number of amides is 3. The number of aromatic amines is 1. The molecule has 0 spiro atoms. The van der Waals surface area contributed by atoms with Gasteiger partial charge in [0.2, 0.25) is 11.7 Å². The second-order valence-corrected chi connectivity index (χ2v) is 13.2. The summed E-state index contributed by atoms with van der Waals surface area (Å²) in [5, 5.41) is 17.4. The normalized spacial score (nSPS) is 20.1. The molecule has 3 heterocycles. The molecule has 0 radical (unpaired) electrons. The average Bonchev–Trinajstić information content (AvgIpc) is 3.67. The maximum absolute atomic E-state index is 14.0. The number of aryl methyl sites for hydroxylation is 1. The molecule has 4 aromatic rings. The maximum atomic E-state index is 14.0. The largest absolute Gasteiger partial charge is 0.334 e. The van der Waals surface area contributed by atoms with Crippen LogP contribution in [0.5, 0.6) is 0 Å². The standard InChI is InChI=1S/C36H44N10O3/c1-22-17-32(36(49)45-16-15-39-23(2)21-45)40-20-30(22)26-7-3-24(4-8-26)18-31(38)35(48)46(34(47)28-9-5-25(19-37)6-10-28)29-13-11-27(12-14-29)33-41-43-44-42-33/h3-4,7-8,11-14,17,20,23,25,28,31,39H,5-6,9-10,15-16,18-19,21,37-38H2,1-2H3,(H,41,42,43,44)/t23?,25?,28?,31-/m0/s1. The molecule has 256 valence electrons. The van der Waals surface area contributed by atoms with Crippen molar-refractivity contribution in [3.63, 3.8) is 0 Å². The molecule has 13 heteroatoms. The van der Waals surface area contributed by atoms with Gasteiger partial charge in [-0.1, -0.05) is 24.3 Å². The van der Waals surface area contributed by atoms with Crippen molar-refractivity contribution in [1.29, 1.82) is 0 Å². The summed E-state index contributed by atoms with van der Waals surface area (Å²) >= 11 is 0. The Kier molecular flexibility index (Phi) is 10.5. The van der Waals surface area contributed by atoms with E-state index >= 15 is 0 Å². The number of hydrogen-bond acceptors (Lipinski definition) is 10. The third-order valence-corrected chi connectivity index (χ3v) is 9.72. The van der Waals surface area contributed by atoms with Gasteiger partial charge in [-0.15, -0.1) is 10.2 Å². The third kappa shape index (κ3) is 7.74. The number of tetrazole rings is 1. The predicted octanol–water partition coefficient (Wildman–Crippen LogP) is 2.87. The summed E-state index contributed by atoms with van der Waals surface area (Å²) in [5.41, 5.74) is 17.7. The highest BCUT2D eigenvalue weighted by atomic mass is 16.2. The molecule has 2 aromatic carbocycles. The van der Waals surface area contributed by atoms with E-state index in [1.54, 1.807) is 30.5 Å². The van der Waals surface area contributed by atoms with Gasteiger partial charge in [-0.3, -0.25) is 19.4 Å². The number of aromatic nitrogens is 5. The number of piperazine rings is 1. The second-order valence-electron chi connectivity index (χ2n) is 13.2. The number of nitrogens with zero attached hydrogens (tertiary/aromatic N) is 6. The van der Waals surface area contributed by atoms with Crippen molar-refractivity contribution in [3.8, 4) is 22.5 Å². The first kappa shape index (κ1) is 34.0. The number of carbonyl (C=O) groups is 3. The van der Waals surface area contributed by atoms with Crippen LogP contribution in [0.4, 0.5) is 5.69 Å². The fourth-order valence-electron chi connectivity index (χ4n) is 6.82. The summed E-state index contributed by atoms with van der Waals surface area (Å²) in [4.78, 5) is 48.6.